The molecule has 20 heavy (non-hydrogen) atoms. The van der Waals surface area contributed by atoms with E-state index in [2.05, 4.69) is 68.1 Å². The fraction of sp³-hybridized carbons (Fsp3) is 0.400. The largest absolute Gasteiger partial charge is 0.469 e. The molecule has 0 N–H and O–H groups in total. The molecule has 0 saturated carbocycles. The van der Waals surface area contributed by atoms with Gasteiger partial charge in [0.05, 0.1) is 13.5 Å². The van der Waals surface area contributed by atoms with E-state index >= 15 is 0 Å². The van der Waals surface area contributed by atoms with Gasteiger partial charge in [0.25, 0.3) is 0 Å². The van der Waals surface area contributed by atoms with E-state index in [1.165, 1.54) is 27.3 Å². The van der Waals surface area contributed by atoms with E-state index in [1.54, 1.807) is 0 Å². The SMILES string of the molecule is COC(=O)CCN(C)Cc1c(I)c2ccccc2n1C. The van der Waals surface area contributed by atoms with Crippen LogP contribution >= 0.6 is 22.6 Å². The van der Waals surface area contributed by atoms with Gasteiger partial charge in [-0.2, -0.15) is 0 Å². The van der Waals surface area contributed by atoms with Crippen LogP contribution in [0.3, 0.4) is 0 Å². The van der Waals surface area contributed by atoms with Crippen LogP contribution in [0.1, 0.15) is 12.1 Å². The molecule has 1 heterocycles. The zero-order valence-corrected chi connectivity index (χ0v) is 14.2. The summed E-state index contributed by atoms with van der Waals surface area (Å²) >= 11 is 2.40. The molecular weight excluding hydrogens is 367 g/mol. The number of para-hydroxylation sites is 1. The molecule has 0 amide bonds. The van der Waals surface area contributed by atoms with Gasteiger partial charge in [-0.1, -0.05) is 18.2 Å². The van der Waals surface area contributed by atoms with Crippen molar-refractivity contribution in [2.45, 2.75) is 13.0 Å². The van der Waals surface area contributed by atoms with Crippen molar-refractivity contribution in [1.29, 1.82) is 0 Å². The standard InChI is InChI=1S/C15H19IN2O2/c1-17(9-8-14(19)20-3)10-13-15(16)11-6-4-5-7-12(11)18(13)2/h4-7H,8-10H2,1-3H3. The molecule has 1 aromatic heterocycles. The van der Waals surface area contributed by atoms with Crippen LogP contribution < -0.4 is 0 Å². The summed E-state index contributed by atoms with van der Waals surface area (Å²) in [6.07, 6.45) is 0.424. The Morgan fingerprint density at radius 1 is 1.40 bits per heavy atom. The molecule has 0 aliphatic rings. The molecule has 0 aliphatic carbocycles. The molecule has 0 unspecified atom stereocenters. The minimum Gasteiger partial charge on any atom is -0.469 e. The lowest BCUT2D eigenvalue weighted by Crippen LogP contribution is -2.23. The van der Waals surface area contributed by atoms with Crippen LogP contribution in [0, 0.1) is 3.57 Å². The summed E-state index contributed by atoms with van der Waals surface area (Å²) in [5, 5.41) is 1.28. The highest BCUT2D eigenvalue weighted by molar-refractivity contribution is 14.1. The minimum atomic E-state index is -0.163. The molecular formula is C15H19IN2O2. The van der Waals surface area contributed by atoms with Crippen LogP contribution in [-0.2, 0) is 23.1 Å². The Hall–Kier alpha value is -1.08. The smallest absolute Gasteiger partial charge is 0.306 e. The average Bonchev–Trinajstić information content (AvgIpc) is 2.70. The number of nitrogens with zero attached hydrogens (tertiary/aromatic N) is 2. The van der Waals surface area contributed by atoms with Crippen LogP contribution in [0.15, 0.2) is 24.3 Å². The van der Waals surface area contributed by atoms with E-state index in [-0.39, 0.29) is 5.97 Å². The van der Waals surface area contributed by atoms with Gasteiger partial charge in [-0.15, -0.1) is 0 Å². The fourth-order valence-corrected chi connectivity index (χ4v) is 3.28. The second-order valence-corrected chi connectivity index (χ2v) is 5.98. The third-order valence-electron chi connectivity index (χ3n) is 3.51. The normalized spacial score (nSPS) is 11.2. The molecule has 0 atom stereocenters. The summed E-state index contributed by atoms with van der Waals surface area (Å²) in [6, 6.07) is 8.41. The van der Waals surface area contributed by atoms with Gasteiger partial charge < -0.3 is 14.2 Å². The van der Waals surface area contributed by atoms with Gasteiger partial charge in [0, 0.05) is 40.3 Å². The fourth-order valence-electron chi connectivity index (χ4n) is 2.29. The van der Waals surface area contributed by atoms with Gasteiger partial charge in [-0.3, -0.25) is 4.79 Å². The van der Waals surface area contributed by atoms with Gasteiger partial charge in [-0.25, -0.2) is 0 Å². The molecule has 2 rings (SSSR count). The highest BCUT2D eigenvalue weighted by Gasteiger charge is 2.14. The van der Waals surface area contributed by atoms with E-state index in [9.17, 15) is 4.79 Å². The number of fused-ring (bicyclic) bond motifs is 1. The Labute approximate surface area is 132 Å². The zero-order valence-electron chi connectivity index (χ0n) is 12.0. The molecule has 0 bridgehead atoms. The van der Waals surface area contributed by atoms with Crippen LogP contribution in [0.5, 0.6) is 0 Å². The van der Waals surface area contributed by atoms with Crippen molar-refractivity contribution in [3.63, 3.8) is 0 Å². The lowest BCUT2D eigenvalue weighted by atomic mass is 10.2. The van der Waals surface area contributed by atoms with E-state index in [1.807, 2.05) is 7.05 Å². The number of halogens is 1. The summed E-state index contributed by atoms with van der Waals surface area (Å²) in [5.74, 6) is -0.163. The number of rotatable bonds is 5. The molecule has 0 fully saturated rings. The summed E-state index contributed by atoms with van der Waals surface area (Å²) in [7, 11) is 5.54. The minimum absolute atomic E-state index is 0.163. The van der Waals surface area contributed by atoms with Crippen molar-refractivity contribution in [2.75, 3.05) is 20.7 Å². The Morgan fingerprint density at radius 3 is 2.75 bits per heavy atom. The van der Waals surface area contributed by atoms with E-state index < -0.39 is 0 Å². The Balaban J connectivity index is 2.15. The number of benzene rings is 1. The highest BCUT2D eigenvalue weighted by atomic mass is 127. The number of aryl methyl sites for hydroxylation is 1. The molecule has 4 nitrogen and oxygen atoms in total. The monoisotopic (exact) mass is 386 g/mol. The van der Waals surface area contributed by atoms with Gasteiger partial charge in [0.2, 0.25) is 0 Å². The molecule has 0 saturated heterocycles. The van der Waals surface area contributed by atoms with Crippen molar-refractivity contribution in [3.05, 3.63) is 33.5 Å². The summed E-state index contributed by atoms with van der Waals surface area (Å²) in [4.78, 5) is 13.3. The van der Waals surface area contributed by atoms with Gasteiger partial charge in [0.1, 0.15) is 0 Å². The zero-order chi connectivity index (χ0) is 14.7. The number of methoxy groups -OCH3 is 1. The topological polar surface area (TPSA) is 34.5 Å². The van der Waals surface area contributed by atoms with E-state index in [0.717, 1.165) is 6.54 Å². The predicted molar refractivity (Wildman–Crippen MR) is 88.6 cm³/mol. The number of carbonyl (C=O) groups excluding carboxylic acids is 1. The number of ether oxygens (including phenoxy) is 1. The number of hydrogen-bond donors (Lipinski definition) is 0. The predicted octanol–water partition coefficient (Wildman–Crippen LogP) is 2.78. The first kappa shape index (κ1) is 15.3. The molecule has 0 radical (unpaired) electrons. The van der Waals surface area contributed by atoms with Crippen molar-refractivity contribution in [3.8, 4) is 0 Å². The van der Waals surface area contributed by atoms with Crippen LogP contribution in [-0.4, -0.2) is 36.1 Å². The molecule has 5 heteroatoms. The second-order valence-electron chi connectivity index (χ2n) is 4.90. The maximum atomic E-state index is 11.2. The summed E-state index contributed by atoms with van der Waals surface area (Å²) in [6.45, 7) is 1.52. The number of carbonyl (C=O) groups is 1. The van der Waals surface area contributed by atoms with Crippen LogP contribution in [0.25, 0.3) is 10.9 Å². The van der Waals surface area contributed by atoms with Crippen LogP contribution in [0.2, 0.25) is 0 Å². The van der Waals surface area contributed by atoms with Crippen LogP contribution in [0.4, 0.5) is 0 Å². The molecule has 2 aromatic rings. The molecule has 1 aromatic carbocycles. The first-order valence-electron chi connectivity index (χ1n) is 6.51. The number of aromatic nitrogens is 1. The van der Waals surface area contributed by atoms with Gasteiger partial charge >= 0.3 is 5.97 Å². The van der Waals surface area contributed by atoms with Crippen molar-refractivity contribution >= 4 is 39.5 Å². The molecule has 108 valence electrons. The lowest BCUT2D eigenvalue weighted by molar-refractivity contribution is -0.140. The van der Waals surface area contributed by atoms with Gasteiger partial charge in [-0.05, 0) is 35.7 Å². The molecule has 0 aliphatic heterocycles. The quantitative estimate of drug-likeness (QED) is 0.586. The number of hydrogen-bond acceptors (Lipinski definition) is 3. The first-order chi connectivity index (χ1) is 9.54. The van der Waals surface area contributed by atoms with Gasteiger partial charge in [0.15, 0.2) is 0 Å². The van der Waals surface area contributed by atoms with Crippen molar-refractivity contribution in [1.82, 2.24) is 9.47 Å². The first-order valence-corrected chi connectivity index (χ1v) is 7.59. The lowest BCUT2D eigenvalue weighted by Gasteiger charge is -2.17. The third-order valence-corrected chi connectivity index (χ3v) is 4.71. The summed E-state index contributed by atoms with van der Waals surface area (Å²) in [5.41, 5.74) is 2.52. The third kappa shape index (κ3) is 3.15. The van der Waals surface area contributed by atoms with E-state index in [4.69, 9.17) is 0 Å². The Bertz CT molecular complexity index is 583. The number of esters is 1. The van der Waals surface area contributed by atoms with Crippen molar-refractivity contribution in [2.24, 2.45) is 7.05 Å². The Morgan fingerprint density at radius 2 is 2.10 bits per heavy atom. The van der Waals surface area contributed by atoms with Crippen molar-refractivity contribution < 1.29 is 9.53 Å². The molecule has 0 spiro atoms. The summed E-state index contributed by atoms with van der Waals surface area (Å²) < 4.78 is 8.18. The maximum absolute atomic E-state index is 11.2. The average molecular weight is 386 g/mol. The van der Waals surface area contributed by atoms with E-state index in [0.29, 0.717) is 13.0 Å². The highest BCUT2D eigenvalue weighted by Crippen LogP contribution is 2.27. The second kappa shape index (κ2) is 6.58. The Kier molecular flexibility index (Phi) is 5.04. The maximum Gasteiger partial charge on any atom is 0.306 e.